The molecule has 2 N–H and O–H groups in total. The second-order valence-corrected chi connectivity index (χ2v) is 8.25. The van der Waals surface area contributed by atoms with Crippen LogP contribution in [-0.4, -0.2) is 49.7 Å². The van der Waals surface area contributed by atoms with Crippen LogP contribution in [-0.2, 0) is 0 Å². The maximum Gasteiger partial charge on any atom is 0.146 e. The highest BCUT2D eigenvalue weighted by Crippen LogP contribution is 2.34. The van der Waals surface area contributed by atoms with Gasteiger partial charge in [-0.3, -0.25) is 0 Å². The fraction of sp³-hybridized carbons (Fsp3) is 0.368. The molecule has 1 atom stereocenters. The van der Waals surface area contributed by atoms with E-state index in [9.17, 15) is 9.50 Å². The van der Waals surface area contributed by atoms with Gasteiger partial charge in [-0.15, -0.1) is 11.8 Å². The zero-order valence-electron chi connectivity index (χ0n) is 14.3. The van der Waals surface area contributed by atoms with E-state index in [0.717, 1.165) is 31.1 Å². The minimum atomic E-state index is -0.442. The second kappa shape index (κ2) is 9.29. The van der Waals surface area contributed by atoms with Crippen LogP contribution < -0.4 is 9.80 Å². The predicted octanol–water partition coefficient (Wildman–Crippen LogP) is 2.99. The molecule has 0 radical (unpaired) electrons. The highest BCUT2D eigenvalue weighted by molar-refractivity contribution is 7.99. The van der Waals surface area contributed by atoms with E-state index in [1.165, 1.54) is 22.7 Å². The standard InChI is InChI=1S/C19H21Cl2FN2OS/c20-15-4-3-5-16(21)19(15)26-13-14(25)12-23-8-10-24(11-9-23)18-7-2-1-6-17(18)22/h1-7,14,25H,8-13H2/p+1/t14-/m1/s1. The summed E-state index contributed by atoms with van der Waals surface area (Å²) in [4.78, 5) is 4.22. The summed E-state index contributed by atoms with van der Waals surface area (Å²) in [7, 11) is 0. The molecule has 1 fully saturated rings. The molecule has 0 spiro atoms. The number of nitrogens with zero attached hydrogens (tertiary/aromatic N) is 1. The summed E-state index contributed by atoms with van der Waals surface area (Å²) in [5.41, 5.74) is 0.663. The summed E-state index contributed by atoms with van der Waals surface area (Å²) in [6.07, 6.45) is -0.442. The topological polar surface area (TPSA) is 27.9 Å². The van der Waals surface area contributed by atoms with Gasteiger partial charge in [0.25, 0.3) is 0 Å². The van der Waals surface area contributed by atoms with Crippen molar-refractivity contribution in [2.24, 2.45) is 0 Å². The first-order valence-corrected chi connectivity index (χ1v) is 10.4. The van der Waals surface area contributed by atoms with Gasteiger partial charge in [-0.25, -0.2) is 4.39 Å². The van der Waals surface area contributed by atoms with Crippen LogP contribution in [0.1, 0.15) is 0 Å². The maximum absolute atomic E-state index is 13.9. The van der Waals surface area contributed by atoms with Crippen LogP contribution in [0.4, 0.5) is 10.1 Å². The lowest BCUT2D eigenvalue weighted by atomic mass is 10.2. The van der Waals surface area contributed by atoms with Crippen LogP contribution in [0.5, 0.6) is 0 Å². The molecule has 0 aliphatic carbocycles. The molecule has 3 nitrogen and oxygen atoms in total. The van der Waals surface area contributed by atoms with Crippen molar-refractivity contribution in [3.63, 3.8) is 0 Å². The summed E-state index contributed by atoms with van der Waals surface area (Å²) in [6, 6.07) is 12.3. The number of nitrogens with one attached hydrogen (secondary N) is 1. The Hall–Kier alpha value is -0.980. The van der Waals surface area contributed by atoms with Gasteiger partial charge in [0.1, 0.15) is 18.5 Å². The Kier molecular flexibility index (Phi) is 7.06. The second-order valence-electron chi connectivity index (χ2n) is 6.41. The van der Waals surface area contributed by atoms with Crippen molar-refractivity contribution in [2.45, 2.75) is 11.0 Å². The van der Waals surface area contributed by atoms with Gasteiger partial charge in [0.05, 0.1) is 41.9 Å². The van der Waals surface area contributed by atoms with Crippen molar-refractivity contribution in [1.82, 2.24) is 0 Å². The minimum absolute atomic E-state index is 0.177. The first-order valence-electron chi connectivity index (χ1n) is 8.62. The normalized spacial score (nSPS) is 16.7. The van der Waals surface area contributed by atoms with Gasteiger partial charge in [0, 0.05) is 10.6 Å². The van der Waals surface area contributed by atoms with E-state index in [0.29, 0.717) is 28.0 Å². The number of anilines is 1. The molecule has 7 heteroatoms. The minimum Gasteiger partial charge on any atom is -0.386 e. The summed E-state index contributed by atoms with van der Waals surface area (Å²) in [5.74, 6) is 0.369. The Labute approximate surface area is 167 Å². The highest BCUT2D eigenvalue weighted by Gasteiger charge is 2.24. The van der Waals surface area contributed by atoms with Gasteiger partial charge >= 0.3 is 0 Å². The van der Waals surface area contributed by atoms with Crippen molar-refractivity contribution in [3.8, 4) is 0 Å². The van der Waals surface area contributed by atoms with E-state index >= 15 is 0 Å². The molecular formula is C19H22Cl2FN2OS+. The fourth-order valence-corrected chi connectivity index (χ4v) is 4.78. The van der Waals surface area contributed by atoms with Crippen molar-refractivity contribution < 1.29 is 14.4 Å². The van der Waals surface area contributed by atoms with Crippen LogP contribution in [0.2, 0.25) is 10.0 Å². The van der Waals surface area contributed by atoms with E-state index in [1.807, 2.05) is 18.2 Å². The molecule has 2 aromatic rings. The van der Waals surface area contributed by atoms with E-state index in [-0.39, 0.29) is 5.82 Å². The molecule has 0 unspecified atom stereocenters. The van der Waals surface area contributed by atoms with Crippen LogP contribution >= 0.6 is 35.0 Å². The van der Waals surface area contributed by atoms with Crippen LogP contribution in [0.25, 0.3) is 0 Å². The highest BCUT2D eigenvalue weighted by atomic mass is 35.5. The Morgan fingerprint density at radius 1 is 1.08 bits per heavy atom. The third-order valence-electron chi connectivity index (χ3n) is 4.53. The number of hydrogen-bond donors (Lipinski definition) is 2. The number of aliphatic hydroxyl groups excluding tert-OH is 1. The molecular weight excluding hydrogens is 394 g/mol. The lowest BCUT2D eigenvalue weighted by Gasteiger charge is -2.34. The Morgan fingerprint density at radius 3 is 2.38 bits per heavy atom. The Morgan fingerprint density at radius 2 is 1.73 bits per heavy atom. The Balaban J connectivity index is 1.46. The number of para-hydroxylation sites is 1. The van der Waals surface area contributed by atoms with Crippen molar-refractivity contribution >= 4 is 40.7 Å². The molecule has 26 heavy (non-hydrogen) atoms. The van der Waals surface area contributed by atoms with Gasteiger partial charge in [-0.1, -0.05) is 41.4 Å². The lowest BCUT2D eigenvalue weighted by molar-refractivity contribution is -0.903. The smallest absolute Gasteiger partial charge is 0.146 e. The molecule has 1 aliphatic rings. The molecule has 0 bridgehead atoms. The average Bonchev–Trinajstić information content (AvgIpc) is 2.62. The predicted molar refractivity (Wildman–Crippen MR) is 107 cm³/mol. The van der Waals surface area contributed by atoms with E-state index in [1.54, 1.807) is 18.2 Å². The average molecular weight is 416 g/mol. The number of hydrogen-bond acceptors (Lipinski definition) is 3. The molecule has 0 amide bonds. The molecule has 1 aliphatic heterocycles. The molecule has 140 valence electrons. The number of quaternary nitrogens is 1. The number of rotatable bonds is 6. The molecule has 1 heterocycles. The maximum atomic E-state index is 13.9. The fourth-order valence-electron chi connectivity index (χ4n) is 3.17. The van der Waals surface area contributed by atoms with Gasteiger partial charge in [-0.05, 0) is 24.3 Å². The molecule has 0 saturated carbocycles. The SMILES string of the molecule is O[C@@H](CSc1c(Cl)cccc1Cl)C[NH+]1CCN(c2ccccc2F)CC1. The summed E-state index contributed by atoms with van der Waals surface area (Å²) in [6.45, 7) is 3.99. The largest absolute Gasteiger partial charge is 0.386 e. The quantitative estimate of drug-likeness (QED) is 0.710. The number of thioether (sulfide) groups is 1. The van der Waals surface area contributed by atoms with E-state index in [2.05, 4.69) is 4.90 Å². The third-order valence-corrected chi connectivity index (χ3v) is 6.66. The molecule has 1 saturated heterocycles. The van der Waals surface area contributed by atoms with Gasteiger partial charge in [0.15, 0.2) is 0 Å². The first kappa shape index (κ1) is 19.8. The number of benzene rings is 2. The van der Waals surface area contributed by atoms with Crippen molar-refractivity contribution in [3.05, 3.63) is 58.3 Å². The van der Waals surface area contributed by atoms with Crippen LogP contribution in [0.15, 0.2) is 47.4 Å². The first-order chi connectivity index (χ1) is 12.5. The van der Waals surface area contributed by atoms with Crippen molar-refractivity contribution in [1.29, 1.82) is 0 Å². The van der Waals surface area contributed by atoms with E-state index < -0.39 is 6.10 Å². The monoisotopic (exact) mass is 415 g/mol. The number of halogens is 3. The lowest BCUT2D eigenvalue weighted by Crippen LogP contribution is -3.16. The van der Waals surface area contributed by atoms with Crippen LogP contribution in [0, 0.1) is 5.82 Å². The van der Waals surface area contributed by atoms with Gasteiger partial charge in [0.2, 0.25) is 0 Å². The summed E-state index contributed by atoms with van der Waals surface area (Å²) >= 11 is 13.8. The van der Waals surface area contributed by atoms with E-state index in [4.69, 9.17) is 23.2 Å². The van der Waals surface area contributed by atoms with Gasteiger partial charge < -0.3 is 14.9 Å². The zero-order valence-corrected chi connectivity index (χ0v) is 16.6. The summed E-state index contributed by atoms with van der Waals surface area (Å²) in [5, 5.41) is 11.6. The molecule has 3 rings (SSSR count). The molecule has 2 aromatic carbocycles. The third kappa shape index (κ3) is 5.05. The number of piperazine rings is 1. The van der Waals surface area contributed by atoms with Crippen LogP contribution in [0.3, 0.4) is 0 Å². The van der Waals surface area contributed by atoms with Crippen molar-refractivity contribution in [2.75, 3.05) is 43.4 Å². The number of aliphatic hydroxyl groups is 1. The zero-order chi connectivity index (χ0) is 18.5. The Bertz CT molecular complexity index is 721. The summed E-state index contributed by atoms with van der Waals surface area (Å²) < 4.78 is 13.9. The van der Waals surface area contributed by atoms with Gasteiger partial charge in [-0.2, -0.15) is 0 Å². The molecule has 0 aromatic heterocycles.